The number of carbonyl (C=O) groups excluding carboxylic acids is 4. The van der Waals surface area contributed by atoms with E-state index < -0.39 is 0 Å². The molecule has 1 saturated heterocycles. The highest BCUT2D eigenvalue weighted by Gasteiger charge is 2.33. The molecule has 0 atom stereocenters. The summed E-state index contributed by atoms with van der Waals surface area (Å²) in [5, 5.41) is 10.4. The number of carbonyl (C=O) groups is 4. The molecule has 2 aromatic carbocycles. The fourth-order valence-corrected chi connectivity index (χ4v) is 4.51. The van der Waals surface area contributed by atoms with E-state index in [1.807, 2.05) is 31.2 Å². The first kappa shape index (κ1) is 23.7. The fourth-order valence-electron chi connectivity index (χ4n) is 4.51. The van der Waals surface area contributed by atoms with Crippen molar-refractivity contribution in [1.29, 1.82) is 0 Å². The fraction of sp³-hybridized carbons (Fsp3) is 0.440. The topological polar surface area (TPSA) is 111 Å². The largest absolute Gasteiger partial charge is 0.368 e. The summed E-state index contributed by atoms with van der Waals surface area (Å²) < 4.78 is 0. The Balaban J connectivity index is 1.66. The zero-order valence-corrected chi connectivity index (χ0v) is 19.5. The van der Waals surface area contributed by atoms with Crippen molar-refractivity contribution in [2.45, 2.75) is 26.2 Å². The quantitative estimate of drug-likeness (QED) is 0.463. The van der Waals surface area contributed by atoms with Crippen molar-refractivity contribution in [3.63, 3.8) is 0 Å². The van der Waals surface area contributed by atoms with E-state index in [-0.39, 0.29) is 30.0 Å². The molecule has 4 rings (SSSR count). The molecule has 9 heteroatoms. The van der Waals surface area contributed by atoms with Crippen LogP contribution < -0.4 is 20.9 Å². The van der Waals surface area contributed by atoms with Crippen LogP contribution in [0.1, 0.15) is 46.9 Å². The summed E-state index contributed by atoms with van der Waals surface area (Å²) in [7, 11) is 0. The first-order chi connectivity index (χ1) is 16.5. The van der Waals surface area contributed by atoms with Gasteiger partial charge in [0.1, 0.15) is 6.42 Å². The van der Waals surface area contributed by atoms with Crippen molar-refractivity contribution in [3.05, 3.63) is 41.5 Å². The number of nitrogens with one attached hydrogen (secondary N) is 3. The molecule has 2 aliphatic rings. The summed E-state index contributed by atoms with van der Waals surface area (Å²) in [4.78, 5) is 53.7. The van der Waals surface area contributed by atoms with E-state index in [1.165, 1.54) is 4.90 Å². The van der Waals surface area contributed by atoms with E-state index >= 15 is 0 Å². The molecule has 0 radical (unpaired) electrons. The van der Waals surface area contributed by atoms with E-state index in [2.05, 4.69) is 20.9 Å². The van der Waals surface area contributed by atoms with Gasteiger partial charge in [-0.1, -0.05) is 25.5 Å². The van der Waals surface area contributed by atoms with Gasteiger partial charge in [-0.25, -0.2) is 0 Å². The SMILES string of the molecule is CCCCN1C(=O)c2cccc3c(N4CCNCCNC(=O)CC(=O)NCC4)ccc(c23)C1=O. The van der Waals surface area contributed by atoms with Crippen LogP contribution in [0.3, 0.4) is 0 Å². The summed E-state index contributed by atoms with van der Waals surface area (Å²) in [6, 6.07) is 9.32. The Labute approximate surface area is 198 Å². The normalized spacial score (nSPS) is 18.1. The Kier molecular flexibility index (Phi) is 7.42. The van der Waals surface area contributed by atoms with Gasteiger partial charge in [0.2, 0.25) is 11.8 Å². The molecule has 4 amide bonds. The standard InChI is InChI=1S/C25H31N5O4/c1-2-3-13-30-24(33)18-6-4-5-17-20(8-7-19(23(17)18)25(30)34)29-14-11-26-9-10-27-21(31)16-22(32)28-12-15-29/h4-8,26H,2-3,9-16H2,1H3,(H,27,31)(H,28,32). The lowest BCUT2D eigenvalue weighted by Gasteiger charge is -2.31. The Morgan fingerprint density at radius 1 is 0.824 bits per heavy atom. The zero-order chi connectivity index (χ0) is 24.1. The monoisotopic (exact) mass is 465 g/mol. The Hall–Kier alpha value is -3.46. The molecule has 34 heavy (non-hydrogen) atoms. The summed E-state index contributed by atoms with van der Waals surface area (Å²) in [5.41, 5.74) is 2.00. The molecule has 2 aliphatic heterocycles. The van der Waals surface area contributed by atoms with Gasteiger partial charge in [-0.3, -0.25) is 24.1 Å². The average molecular weight is 466 g/mol. The number of hydrogen-bond donors (Lipinski definition) is 3. The van der Waals surface area contributed by atoms with E-state index in [4.69, 9.17) is 0 Å². The van der Waals surface area contributed by atoms with Gasteiger partial charge < -0.3 is 20.9 Å². The highest BCUT2D eigenvalue weighted by atomic mass is 16.2. The second kappa shape index (κ2) is 10.6. The van der Waals surface area contributed by atoms with E-state index in [1.54, 1.807) is 6.07 Å². The minimum atomic E-state index is -0.315. The minimum Gasteiger partial charge on any atom is -0.368 e. The molecule has 2 aromatic rings. The molecule has 0 unspecified atom stereocenters. The third kappa shape index (κ3) is 4.89. The lowest BCUT2D eigenvalue weighted by atomic mass is 9.92. The molecule has 0 bridgehead atoms. The van der Waals surface area contributed by atoms with Crippen LogP contribution in [0, 0.1) is 0 Å². The van der Waals surface area contributed by atoms with Crippen LogP contribution >= 0.6 is 0 Å². The van der Waals surface area contributed by atoms with Gasteiger partial charge in [0.05, 0.1) is 0 Å². The number of unbranched alkanes of at least 4 members (excludes halogenated alkanes) is 1. The Morgan fingerprint density at radius 3 is 2.29 bits per heavy atom. The molecular formula is C25H31N5O4. The number of anilines is 1. The number of amides is 4. The number of rotatable bonds is 4. The van der Waals surface area contributed by atoms with Gasteiger partial charge in [0, 0.05) is 73.4 Å². The first-order valence-electron chi connectivity index (χ1n) is 11.9. The van der Waals surface area contributed by atoms with Crippen LogP contribution in [-0.4, -0.2) is 74.3 Å². The number of nitrogens with zero attached hydrogens (tertiary/aromatic N) is 2. The van der Waals surface area contributed by atoms with Gasteiger partial charge >= 0.3 is 0 Å². The molecule has 0 aliphatic carbocycles. The smallest absolute Gasteiger partial charge is 0.261 e. The van der Waals surface area contributed by atoms with Gasteiger partial charge in [0.15, 0.2) is 0 Å². The first-order valence-corrected chi connectivity index (χ1v) is 11.9. The van der Waals surface area contributed by atoms with Crippen LogP contribution in [-0.2, 0) is 9.59 Å². The van der Waals surface area contributed by atoms with Crippen molar-refractivity contribution >= 4 is 40.1 Å². The second-order valence-electron chi connectivity index (χ2n) is 8.59. The highest BCUT2D eigenvalue weighted by Crippen LogP contribution is 2.36. The molecule has 180 valence electrons. The van der Waals surface area contributed by atoms with Crippen molar-refractivity contribution in [1.82, 2.24) is 20.9 Å². The third-order valence-corrected chi connectivity index (χ3v) is 6.25. The second-order valence-corrected chi connectivity index (χ2v) is 8.59. The molecule has 1 fully saturated rings. The predicted octanol–water partition coefficient (Wildman–Crippen LogP) is 1.27. The lowest BCUT2D eigenvalue weighted by molar-refractivity contribution is -0.129. The summed E-state index contributed by atoms with van der Waals surface area (Å²) in [5.74, 6) is -1.10. The maximum atomic E-state index is 13.2. The van der Waals surface area contributed by atoms with Gasteiger partial charge in [-0.2, -0.15) is 0 Å². The molecular weight excluding hydrogens is 434 g/mol. The summed E-state index contributed by atoms with van der Waals surface area (Å²) in [6.07, 6.45) is 1.48. The number of imide groups is 1. The van der Waals surface area contributed by atoms with Gasteiger partial charge in [-0.15, -0.1) is 0 Å². The summed E-state index contributed by atoms with van der Waals surface area (Å²) in [6.45, 7) is 5.73. The maximum Gasteiger partial charge on any atom is 0.261 e. The minimum absolute atomic E-state index is 0.195. The molecule has 0 spiro atoms. The van der Waals surface area contributed by atoms with Crippen molar-refractivity contribution in [2.75, 3.05) is 50.7 Å². The molecule has 0 aromatic heterocycles. The zero-order valence-electron chi connectivity index (χ0n) is 19.5. The van der Waals surface area contributed by atoms with Crippen molar-refractivity contribution < 1.29 is 19.2 Å². The van der Waals surface area contributed by atoms with Crippen LogP contribution in [0.5, 0.6) is 0 Å². The van der Waals surface area contributed by atoms with Crippen LogP contribution in [0.25, 0.3) is 10.8 Å². The average Bonchev–Trinajstić information content (AvgIpc) is 2.84. The Bertz CT molecular complexity index is 1090. The van der Waals surface area contributed by atoms with Crippen molar-refractivity contribution in [2.24, 2.45) is 0 Å². The van der Waals surface area contributed by atoms with Gasteiger partial charge in [0.25, 0.3) is 11.8 Å². The van der Waals surface area contributed by atoms with E-state index in [0.717, 1.165) is 23.9 Å². The molecule has 0 saturated carbocycles. The maximum absolute atomic E-state index is 13.2. The van der Waals surface area contributed by atoms with E-state index in [9.17, 15) is 19.2 Å². The molecule has 2 heterocycles. The number of benzene rings is 2. The van der Waals surface area contributed by atoms with Crippen LogP contribution in [0.15, 0.2) is 30.3 Å². The highest BCUT2D eigenvalue weighted by molar-refractivity contribution is 6.26. The predicted molar refractivity (Wildman–Crippen MR) is 130 cm³/mol. The van der Waals surface area contributed by atoms with Crippen LogP contribution in [0.2, 0.25) is 0 Å². The molecule has 9 nitrogen and oxygen atoms in total. The van der Waals surface area contributed by atoms with Crippen LogP contribution in [0.4, 0.5) is 5.69 Å². The molecule has 3 N–H and O–H groups in total. The number of hydrogen-bond acceptors (Lipinski definition) is 6. The summed E-state index contributed by atoms with van der Waals surface area (Å²) >= 11 is 0. The van der Waals surface area contributed by atoms with Gasteiger partial charge in [-0.05, 0) is 24.6 Å². The Morgan fingerprint density at radius 2 is 1.53 bits per heavy atom. The van der Waals surface area contributed by atoms with Crippen molar-refractivity contribution in [3.8, 4) is 0 Å². The third-order valence-electron chi connectivity index (χ3n) is 6.25. The lowest BCUT2D eigenvalue weighted by Crippen LogP contribution is -2.41. The van der Waals surface area contributed by atoms with E-state index in [0.29, 0.717) is 62.3 Å².